The van der Waals surface area contributed by atoms with E-state index < -0.39 is 7.30 Å². The lowest BCUT2D eigenvalue weighted by Gasteiger charge is -1.87. The Balaban J connectivity index is 2.93. The highest BCUT2D eigenvalue weighted by atomic mass is 35.7. The fourth-order valence-corrected chi connectivity index (χ4v) is 1.00. The normalized spacial score (nSPS) is 13.6. The van der Waals surface area contributed by atoms with Crippen molar-refractivity contribution in [2.45, 2.75) is 0 Å². The minimum Gasteiger partial charge on any atom is -0.285 e. The second-order valence-corrected chi connectivity index (χ2v) is 3.22. The van der Waals surface area contributed by atoms with Crippen LogP contribution in [0.3, 0.4) is 0 Å². The summed E-state index contributed by atoms with van der Waals surface area (Å²) in [4.78, 5) is 3.65. The SMILES string of the molecule is O=[PH](Cl)n1ccnc1. The van der Waals surface area contributed by atoms with Crippen LogP contribution in [0.15, 0.2) is 18.7 Å². The van der Waals surface area contributed by atoms with E-state index in [-0.39, 0.29) is 0 Å². The molecule has 5 heteroatoms. The number of aromatic nitrogens is 2. The van der Waals surface area contributed by atoms with Gasteiger partial charge in [0.05, 0.1) is 0 Å². The number of halogens is 1. The lowest BCUT2D eigenvalue weighted by Crippen LogP contribution is -1.71. The third-order valence-corrected chi connectivity index (χ3v) is 1.96. The number of imidazole rings is 1. The van der Waals surface area contributed by atoms with Gasteiger partial charge in [-0.25, -0.2) is 4.98 Å². The fraction of sp³-hybridized carbons (Fsp3) is 0. The molecule has 0 bridgehead atoms. The average molecular weight is 151 g/mol. The van der Waals surface area contributed by atoms with E-state index >= 15 is 0 Å². The molecule has 0 saturated carbocycles. The summed E-state index contributed by atoms with van der Waals surface area (Å²) in [6.07, 6.45) is 4.52. The number of hydrogen-bond acceptors (Lipinski definition) is 2. The summed E-state index contributed by atoms with van der Waals surface area (Å²) >= 11 is 5.21. The van der Waals surface area contributed by atoms with Crippen LogP contribution in [0.2, 0.25) is 0 Å². The number of rotatable bonds is 1. The van der Waals surface area contributed by atoms with Gasteiger partial charge < -0.3 is 0 Å². The molecule has 0 aliphatic heterocycles. The highest BCUT2D eigenvalue weighted by molar-refractivity contribution is 7.72. The maximum absolute atomic E-state index is 10.4. The van der Waals surface area contributed by atoms with Crippen molar-refractivity contribution < 1.29 is 4.57 Å². The first-order chi connectivity index (χ1) is 3.80. The van der Waals surface area contributed by atoms with Crippen molar-refractivity contribution in [2.24, 2.45) is 0 Å². The standard InChI is InChI=1S/C3H4ClN2OP/c4-8(7)6-2-1-5-3-6/h1-3,8H. The molecular weight excluding hydrogens is 146 g/mol. The first kappa shape index (κ1) is 5.86. The predicted molar refractivity (Wildman–Crippen MR) is 32.5 cm³/mol. The summed E-state index contributed by atoms with van der Waals surface area (Å²) in [5.74, 6) is 0. The Bertz CT molecular complexity index is 185. The molecule has 1 rings (SSSR count). The van der Waals surface area contributed by atoms with Crippen molar-refractivity contribution in [1.29, 1.82) is 0 Å². The quantitative estimate of drug-likeness (QED) is 0.567. The second kappa shape index (κ2) is 2.33. The topological polar surface area (TPSA) is 34.9 Å². The molecule has 0 fully saturated rings. The van der Waals surface area contributed by atoms with Crippen molar-refractivity contribution in [3.63, 3.8) is 0 Å². The molecule has 0 saturated heterocycles. The van der Waals surface area contributed by atoms with Crippen LogP contribution in [-0.4, -0.2) is 9.32 Å². The molecule has 1 unspecified atom stereocenters. The lowest BCUT2D eigenvalue weighted by molar-refractivity contribution is 0.591. The van der Waals surface area contributed by atoms with Crippen LogP contribution < -0.4 is 0 Å². The molecule has 0 amide bonds. The zero-order chi connectivity index (χ0) is 5.98. The molecule has 1 aromatic heterocycles. The van der Waals surface area contributed by atoms with E-state index in [0.717, 1.165) is 0 Å². The van der Waals surface area contributed by atoms with Gasteiger partial charge in [0.2, 0.25) is 0 Å². The molecule has 0 aromatic carbocycles. The van der Waals surface area contributed by atoms with E-state index in [2.05, 4.69) is 4.98 Å². The predicted octanol–water partition coefficient (Wildman–Crippen LogP) is 1.36. The first-order valence-electron chi connectivity index (χ1n) is 1.98. The van der Waals surface area contributed by atoms with Crippen LogP contribution in [-0.2, 0) is 4.57 Å². The van der Waals surface area contributed by atoms with Gasteiger partial charge in [-0.2, -0.15) is 0 Å². The van der Waals surface area contributed by atoms with Crippen LogP contribution in [0.5, 0.6) is 0 Å². The fourth-order valence-electron chi connectivity index (χ4n) is 0.363. The van der Waals surface area contributed by atoms with Gasteiger partial charge in [-0.1, -0.05) is 0 Å². The zero-order valence-corrected chi connectivity index (χ0v) is 5.67. The molecule has 0 spiro atoms. The van der Waals surface area contributed by atoms with E-state index in [1.165, 1.54) is 16.9 Å². The van der Waals surface area contributed by atoms with Crippen LogP contribution >= 0.6 is 18.5 Å². The summed E-state index contributed by atoms with van der Waals surface area (Å²) in [6.45, 7) is 0. The highest BCUT2D eigenvalue weighted by Gasteiger charge is 1.90. The minimum absolute atomic E-state index is 1.37. The van der Waals surface area contributed by atoms with Gasteiger partial charge in [-0.15, -0.1) is 0 Å². The molecular formula is C3H4ClN2OP. The Morgan fingerprint density at radius 2 is 2.50 bits per heavy atom. The van der Waals surface area contributed by atoms with Crippen molar-refractivity contribution in [3.8, 4) is 0 Å². The third kappa shape index (κ3) is 1.11. The maximum Gasteiger partial charge on any atom is 0.251 e. The van der Waals surface area contributed by atoms with E-state index in [9.17, 15) is 4.57 Å². The van der Waals surface area contributed by atoms with Gasteiger partial charge in [-0.05, 0) is 11.2 Å². The van der Waals surface area contributed by atoms with E-state index in [4.69, 9.17) is 11.2 Å². The van der Waals surface area contributed by atoms with Crippen LogP contribution in [0.4, 0.5) is 0 Å². The van der Waals surface area contributed by atoms with Gasteiger partial charge in [-0.3, -0.25) is 8.90 Å². The average Bonchev–Trinajstić information content (AvgIpc) is 2.12. The summed E-state index contributed by atoms with van der Waals surface area (Å²) in [7, 11) is -2.09. The molecule has 1 heterocycles. The Kier molecular flexibility index (Phi) is 1.71. The second-order valence-electron chi connectivity index (χ2n) is 1.22. The molecule has 0 radical (unpaired) electrons. The van der Waals surface area contributed by atoms with Gasteiger partial charge in [0, 0.05) is 12.4 Å². The van der Waals surface area contributed by atoms with Crippen molar-refractivity contribution in [3.05, 3.63) is 18.7 Å². The van der Waals surface area contributed by atoms with E-state index in [1.54, 1.807) is 6.20 Å². The maximum atomic E-state index is 10.4. The van der Waals surface area contributed by atoms with Gasteiger partial charge >= 0.3 is 0 Å². The van der Waals surface area contributed by atoms with E-state index in [0.29, 0.717) is 0 Å². The molecule has 1 aromatic rings. The van der Waals surface area contributed by atoms with Crippen molar-refractivity contribution in [2.75, 3.05) is 0 Å². The summed E-state index contributed by atoms with van der Waals surface area (Å²) in [6, 6.07) is 0. The molecule has 0 aliphatic carbocycles. The third-order valence-electron chi connectivity index (χ3n) is 0.707. The molecule has 44 valence electrons. The number of hydrogen-bond donors (Lipinski definition) is 0. The van der Waals surface area contributed by atoms with E-state index in [1.807, 2.05) is 0 Å². The van der Waals surface area contributed by atoms with Crippen LogP contribution in [0.25, 0.3) is 0 Å². The minimum atomic E-state index is -2.09. The smallest absolute Gasteiger partial charge is 0.251 e. The molecule has 3 nitrogen and oxygen atoms in total. The van der Waals surface area contributed by atoms with Crippen LogP contribution in [0.1, 0.15) is 0 Å². The van der Waals surface area contributed by atoms with Gasteiger partial charge in [0.15, 0.2) is 0 Å². The molecule has 1 atom stereocenters. The molecule has 0 N–H and O–H groups in total. The number of nitrogens with zero attached hydrogens (tertiary/aromatic N) is 2. The summed E-state index contributed by atoms with van der Waals surface area (Å²) in [5, 5.41) is 0. The Labute approximate surface area is 51.9 Å². The lowest BCUT2D eigenvalue weighted by atomic mass is 11.0. The molecule has 8 heavy (non-hydrogen) atoms. The zero-order valence-electron chi connectivity index (χ0n) is 3.91. The Morgan fingerprint density at radius 3 is 2.75 bits per heavy atom. The molecule has 0 aliphatic rings. The van der Waals surface area contributed by atoms with Gasteiger partial charge in [0.1, 0.15) is 6.33 Å². The Hall–Kier alpha value is -0.270. The van der Waals surface area contributed by atoms with Crippen molar-refractivity contribution in [1.82, 2.24) is 9.32 Å². The summed E-state index contributed by atoms with van der Waals surface area (Å²) < 4.78 is 11.7. The largest absolute Gasteiger partial charge is 0.285 e. The summed E-state index contributed by atoms with van der Waals surface area (Å²) in [5.41, 5.74) is 0. The van der Waals surface area contributed by atoms with Gasteiger partial charge in [0.25, 0.3) is 7.30 Å². The first-order valence-corrected chi connectivity index (χ1v) is 4.35. The monoisotopic (exact) mass is 150 g/mol. The van der Waals surface area contributed by atoms with Crippen molar-refractivity contribution >= 4 is 18.5 Å². The Morgan fingerprint density at radius 1 is 1.75 bits per heavy atom. The van der Waals surface area contributed by atoms with Crippen LogP contribution in [0, 0.1) is 0 Å². The highest BCUT2D eigenvalue weighted by Crippen LogP contribution is 2.27.